The van der Waals surface area contributed by atoms with Crippen LogP contribution in [0.1, 0.15) is 24.6 Å². The third-order valence-corrected chi connectivity index (χ3v) is 4.74. The minimum Gasteiger partial charge on any atom is -0.398 e. The first-order chi connectivity index (χ1) is 9.83. The SMILES string of the molecule is CCCc1cc(NS(=O)(=O)c2cc(Cl)cc(N)c2C)n[nH]1. The Morgan fingerprint density at radius 1 is 1.38 bits per heavy atom. The van der Waals surface area contributed by atoms with Crippen LogP contribution < -0.4 is 10.5 Å². The summed E-state index contributed by atoms with van der Waals surface area (Å²) in [6.07, 6.45) is 1.75. The Balaban J connectivity index is 2.34. The summed E-state index contributed by atoms with van der Waals surface area (Å²) >= 11 is 5.88. The normalized spacial score (nSPS) is 11.6. The summed E-state index contributed by atoms with van der Waals surface area (Å²) in [5.41, 5.74) is 7.41. The minimum atomic E-state index is -3.79. The molecule has 2 rings (SSSR count). The van der Waals surface area contributed by atoms with Gasteiger partial charge in [0.2, 0.25) is 0 Å². The first-order valence-corrected chi connectivity index (χ1v) is 8.32. The van der Waals surface area contributed by atoms with E-state index >= 15 is 0 Å². The highest BCUT2D eigenvalue weighted by atomic mass is 35.5. The van der Waals surface area contributed by atoms with Gasteiger partial charge in [-0.3, -0.25) is 9.82 Å². The van der Waals surface area contributed by atoms with Gasteiger partial charge in [-0.1, -0.05) is 24.9 Å². The summed E-state index contributed by atoms with van der Waals surface area (Å²) in [5, 5.41) is 7.00. The van der Waals surface area contributed by atoms with E-state index in [2.05, 4.69) is 14.9 Å². The lowest BCUT2D eigenvalue weighted by Crippen LogP contribution is -2.15. The highest BCUT2D eigenvalue weighted by Crippen LogP contribution is 2.27. The van der Waals surface area contributed by atoms with Crippen molar-refractivity contribution >= 4 is 33.1 Å². The molecule has 0 spiro atoms. The van der Waals surface area contributed by atoms with Crippen molar-refractivity contribution in [2.45, 2.75) is 31.6 Å². The molecule has 4 N–H and O–H groups in total. The van der Waals surface area contributed by atoms with Gasteiger partial charge >= 0.3 is 0 Å². The number of hydrogen-bond acceptors (Lipinski definition) is 4. The van der Waals surface area contributed by atoms with E-state index in [1.54, 1.807) is 13.0 Å². The van der Waals surface area contributed by atoms with Crippen LogP contribution in [0.4, 0.5) is 11.5 Å². The summed E-state index contributed by atoms with van der Waals surface area (Å²) in [7, 11) is -3.79. The van der Waals surface area contributed by atoms with E-state index in [0.717, 1.165) is 18.5 Å². The van der Waals surface area contributed by atoms with Crippen LogP contribution in [0.25, 0.3) is 0 Å². The van der Waals surface area contributed by atoms with Crippen LogP contribution >= 0.6 is 11.6 Å². The standard InChI is InChI=1S/C13H17ClN4O2S/c1-3-4-10-7-13(17-16-10)18-21(19,20)12-6-9(14)5-11(15)8(12)2/h5-7H,3-4,15H2,1-2H3,(H2,16,17,18). The molecule has 0 bridgehead atoms. The first kappa shape index (κ1) is 15.7. The van der Waals surface area contributed by atoms with Gasteiger partial charge in [0.05, 0.1) is 4.90 Å². The molecule has 1 aromatic heterocycles. The molecule has 21 heavy (non-hydrogen) atoms. The van der Waals surface area contributed by atoms with Crippen molar-refractivity contribution in [1.82, 2.24) is 10.2 Å². The van der Waals surface area contributed by atoms with Crippen molar-refractivity contribution in [3.05, 3.63) is 34.5 Å². The number of rotatable bonds is 5. The molecular weight excluding hydrogens is 312 g/mol. The van der Waals surface area contributed by atoms with E-state index in [1.165, 1.54) is 12.1 Å². The van der Waals surface area contributed by atoms with E-state index in [9.17, 15) is 8.42 Å². The molecule has 0 amide bonds. The Morgan fingerprint density at radius 2 is 2.10 bits per heavy atom. The molecule has 8 heteroatoms. The van der Waals surface area contributed by atoms with E-state index < -0.39 is 10.0 Å². The fourth-order valence-electron chi connectivity index (χ4n) is 1.96. The number of aromatic amines is 1. The van der Waals surface area contributed by atoms with Gasteiger partial charge in [0.25, 0.3) is 10.0 Å². The summed E-state index contributed by atoms with van der Waals surface area (Å²) in [6, 6.07) is 4.56. The van der Waals surface area contributed by atoms with Gasteiger partial charge in [-0.2, -0.15) is 5.10 Å². The molecule has 0 aliphatic heterocycles. The Kier molecular flexibility index (Phi) is 4.43. The van der Waals surface area contributed by atoms with Crippen molar-refractivity contribution in [2.24, 2.45) is 0 Å². The number of sulfonamides is 1. The highest BCUT2D eigenvalue weighted by molar-refractivity contribution is 7.92. The lowest BCUT2D eigenvalue weighted by molar-refractivity contribution is 0.600. The number of aromatic nitrogens is 2. The molecule has 0 fully saturated rings. The number of H-pyrrole nitrogens is 1. The zero-order chi connectivity index (χ0) is 15.6. The monoisotopic (exact) mass is 328 g/mol. The molecule has 0 aliphatic carbocycles. The van der Waals surface area contributed by atoms with Crippen LogP contribution in [0.15, 0.2) is 23.1 Å². The smallest absolute Gasteiger partial charge is 0.263 e. The third kappa shape index (κ3) is 3.48. The van der Waals surface area contributed by atoms with Crippen LogP contribution in [-0.4, -0.2) is 18.6 Å². The molecule has 1 aromatic carbocycles. The molecule has 0 radical (unpaired) electrons. The summed E-state index contributed by atoms with van der Waals surface area (Å²) in [6.45, 7) is 3.66. The molecule has 0 saturated carbocycles. The van der Waals surface area contributed by atoms with E-state index in [1.807, 2.05) is 6.92 Å². The van der Waals surface area contributed by atoms with Crippen LogP contribution in [0.2, 0.25) is 5.02 Å². The van der Waals surface area contributed by atoms with Crippen LogP contribution in [0.3, 0.4) is 0 Å². The van der Waals surface area contributed by atoms with Crippen molar-refractivity contribution in [3.8, 4) is 0 Å². The number of benzene rings is 1. The van der Waals surface area contributed by atoms with Gasteiger partial charge < -0.3 is 5.73 Å². The molecule has 1 heterocycles. The molecule has 0 unspecified atom stereocenters. The summed E-state index contributed by atoms with van der Waals surface area (Å²) < 4.78 is 27.3. The minimum absolute atomic E-state index is 0.0486. The second-order valence-corrected chi connectivity index (χ2v) is 6.84. The predicted molar refractivity (Wildman–Crippen MR) is 84.0 cm³/mol. The molecule has 114 valence electrons. The maximum Gasteiger partial charge on any atom is 0.263 e. The number of nitrogens with two attached hydrogens (primary N) is 1. The number of nitrogen functional groups attached to an aromatic ring is 1. The Hall–Kier alpha value is -1.73. The van der Waals surface area contributed by atoms with Gasteiger partial charge in [-0.05, 0) is 31.0 Å². The molecular formula is C13H17ClN4O2S. The van der Waals surface area contributed by atoms with E-state index in [0.29, 0.717) is 11.3 Å². The molecule has 2 aromatic rings. The van der Waals surface area contributed by atoms with Crippen LogP contribution in [-0.2, 0) is 16.4 Å². The number of halogens is 1. The average Bonchev–Trinajstić information content (AvgIpc) is 2.80. The van der Waals surface area contributed by atoms with E-state index in [-0.39, 0.29) is 15.7 Å². The van der Waals surface area contributed by atoms with Crippen LogP contribution in [0, 0.1) is 6.92 Å². The second-order valence-electron chi connectivity index (χ2n) is 4.75. The Labute approximate surface area is 128 Å². The zero-order valence-corrected chi connectivity index (χ0v) is 13.3. The van der Waals surface area contributed by atoms with Crippen molar-refractivity contribution in [1.29, 1.82) is 0 Å². The topological polar surface area (TPSA) is 101 Å². The van der Waals surface area contributed by atoms with Gasteiger partial charge in [-0.25, -0.2) is 8.42 Å². The lowest BCUT2D eigenvalue weighted by Gasteiger charge is -2.10. The highest BCUT2D eigenvalue weighted by Gasteiger charge is 2.20. The summed E-state index contributed by atoms with van der Waals surface area (Å²) in [4.78, 5) is 0.0486. The molecule has 6 nitrogen and oxygen atoms in total. The maximum absolute atomic E-state index is 12.4. The van der Waals surface area contributed by atoms with Crippen molar-refractivity contribution < 1.29 is 8.42 Å². The largest absolute Gasteiger partial charge is 0.398 e. The first-order valence-electron chi connectivity index (χ1n) is 6.46. The number of anilines is 2. The third-order valence-electron chi connectivity index (χ3n) is 3.04. The van der Waals surface area contributed by atoms with Gasteiger partial charge in [-0.15, -0.1) is 0 Å². The van der Waals surface area contributed by atoms with Gasteiger partial charge in [0.15, 0.2) is 5.82 Å². The number of hydrogen-bond donors (Lipinski definition) is 3. The Bertz CT molecular complexity index is 756. The van der Waals surface area contributed by atoms with Gasteiger partial charge in [0, 0.05) is 22.5 Å². The summed E-state index contributed by atoms with van der Waals surface area (Å²) in [5.74, 6) is 0.247. The average molecular weight is 329 g/mol. The number of nitrogens with zero attached hydrogens (tertiary/aromatic N) is 1. The number of nitrogens with one attached hydrogen (secondary N) is 2. The molecule has 0 saturated heterocycles. The number of aryl methyl sites for hydroxylation is 1. The Morgan fingerprint density at radius 3 is 2.76 bits per heavy atom. The fraction of sp³-hybridized carbons (Fsp3) is 0.308. The molecule has 0 aliphatic rings. The molecule has 0 atom stereocenters. The zero-order valence-electron chi connectivity index (χ0n) is 11.8. The fourth-order valence-corrected chi connectivity index (χ4v) is 3.54. The van der Waals surface area contributed by atoms with E-state index in [4.69, 9.17) is 17.3 Å². The van der Waals surface area contributed by atoms with Crippen molar-refractivity contribution in [2.75, 3.05) is 10.5 Å². The maximum atomic E-state index is 12.4. The van der Waals surface area contributed by atoms with Crippen LogP contribution in [0.5, 0.6) is 0 Å². The van der Waals surface area contributed by atoms with Gasteiger partial charge in [0.1, 0.15) is 0 Å². The second kappa shape index (κ2) is 5.95. The quantitative estimate of drug-likeness (QED) is 0.734. The predicted octanol–water partition coefficient (Wildman–Crippen LogP) is 2.71. The van der Waals surface area contributed by atoms with Crippen molar-refractivity contribution in [3.63, 3.8) is 0 Å². The lowest BCUT2D eigenvalue weighted by atomic mass is 10.2.